The molecule has 28 heavy (non-hydrogen) atoms. The second kappa shape index (κ2) is 7.98. The summed E-state index contributed by atoms with van der Waals surface area (Å²) in [5.41, 5.74) is 8.61. The maximum Gasteiger partial charge on any atom is 0.0790 e. The zero-order valence-electron chi connectivity index (χ0n) is 17.0. The molecule has 1 heteroatoms. The molecule has 0 bridgehead atoms. The molecule has 0 fully saturated rings. The van der Waals surface area contributed by atoms with Crippen LogP contribution in [0, 0.1) is 13.8 Å². The molecule has 0 saturated heterocycles. The molecule has 4 aromatic rings. The van der Waals surface area contributed by atoms with Crippen molar-refractivity contribution >= 4 is 10.8 Å². The Labute approximate surface area is 168 Å². The van der Waals surface area contributed by atoms with Gasteiger partial charge in [0.15, 0.2) is 0 Å². The quantitative estimate of drug-likeness (QED) is 0.356. The van der Waals surface area contributed by atoms with Crippen LogP contribution in [0.25, 0.3) is 33.2 Å². The fraction of sp³-hybridized carbons (Fsp3) is 0.222. The summed E-state index contributed by atoms with van der Waals surface area (Å²) in [5, 5.41) is 2.65. The minimum atomic E-state index is 1.02. The fourth-order valence-corrected chi connectivity index (χ4v) is 4.12. The Balaban J connectivity index is 2.14. The van der Waals surface area contributed by atoms with E-state index in [-0.39, 0.29) is 0 Å². The van der Waals surface area contributed by atoms with Crippen molar-refractivity contribution in [1.82, 2.24) is 4.98 Å². The molecule has 0 aliphatic carbocycles. The monoisotopic (exact) mass is 365 g/mol. The molecule has 4 rings (SSSR count). The Bertz CT molecular complexity index is 1100. The van der Waals surface area contributed by atoms with E-state index in [2.05, 4.69) is 93.6 Å². The van der Waals surface area contributed by atoms with Crippen molar-refractivity contribution in [1.29, 1.82) is 0 Å². The number of unbranched alkanes of at least 4 members (excludes halogenated alkanes) is 1. The normalized spacial score (nSPS) is 11.1. The Morgan fingerprint density at radius 3 is 2.07 bits per heavy atom. The molecule has 0 spiro atoms. The van der Waals surface area contributed by atoms with Gasteiger partial charge in [-0.2, -0.15) is 0 Å². The zero-order valence-corrected chi connectivity index (χ0v) is 17.0. The Morgan fingerprint density at radius 2 is 1.43 bits per heavy atom. The summed E-state index contributed by atoms with van der Waals surface area (Å²) in [5.74, 6) is 0. The van der Waals surface area contributed by atoms with Gasteiger partial charge in [0.05, 0.1) is 5.69 Å². The standard InChI is InChI=1S/C27H27N/c1-4-5-16-24-23-18-19(2)17-20(3)25(23)26(21-12-8-6-9-13-21)27(28-24)22-14-10-7-11-15-22/h6-15,17-18H,4-5,16H2,1-3H3. The number of aromatic nitrogens is 1. The number of fused-ring (bicyclic) bond motifs is 1. The molecule has 0 aliphatic heterocycles. The lowest BCUT2D eigenvalue weighted by Crippen LogP contribution is -2.01. The van der Waals surface area contributed by atoms with Crippen molar-refractivity contribution in [2.24, 2.45) is 0 Å². The van der Waals surface area contributed by atoms with Gasteiger partial charge < -0.3 is 0 Å². The molecular formula is C27H27N. The molecule has 0 saturated carbocycles. The van der Waals surface area contributed by atoms with Crippen LogP contribution in [0.1, 0.15) is 36.6 Å². The number of rotatable bonds is 5. The van der Waals surface area contributed by atoms with Crippen LogP contribution in [-0.2, 0) is 6.42 Å². The van der Waals surface area contributed by atoms with Crippen LogP contribution in [0.15, 0.2) is 72.8 Å². The molecule has 0 atom stereocenters. The van der Waals surface area contributed by atoms with E-state index in [9.17, 15) is 0 Å². The van der Waals surface area contributed by atoms with Crippen LogP contribution in [-0.4, -0.2) is 4.98 Å². The maximum atomic E-state index is 5.27. The van der Waals surface area contributed by atoms with Gasteiger partial charge in [0.2, 0.25) is 0 Å². The van der Waals surface area contributed by atoms with Gasteiger partial charge in [-0.15, -0.1) is 0 Å². The van der Waals surface area contributed by atoms with E-state index in [0.717, 1.165) is 18.5 Å². The number of hydrogen-bond acceptors (Lipinski definition) is 1. The first-order valence-electron chi connectivity index (χ1n) is 10.2. The Kier molecular flexibility index (Phi) is 5.25. The molecule has 0 N–H and O–H groups in total. The van der Waals surface area contributed by atoms with E-state index < -0.39 is 0 Å². The second-order valence-electron chi connectivity index (χ2n) is 7.62. The molecule has 1 aromatic heterocycles. The average Bonchev–Trinajstić information content (AvgIpc) is 2.73. The van der Waals surface area contributed by atoms with Crippen molar-refractivity contribution in [2.75, 3.05) is 0 Å². The average molecular weight is 366 g/mol. The van der Waals surface area contributed by atoms with Crippen molar-refractivity contribution in [2.45, 2.75) is 40.0 Å². The summed E-state index contributed by atoms with van der Waals surface area (Å²) < 4.78 is 0. The van der Waals surface area contributed by atoms with E-state index in [4.69, 9.17) is 4.98 Å². The lowest BCUT2D eigenvalue weighted by molar-refractivity contribution is 0.783. The van der Waals surface area contributed by atoms with Crippen molar-refractivity contribution in [3.8, 4) is 22.4 Å². The van der Waals surface area contributed by atoms with Gasteiger partial charge in [-0.1, -0.05) is 85.6 Å². The van der Waals surface area contributed by atoms with Crippen LogP contribution in [0.4, 0.5) is 0 Å². The molecule has 1 heterocycles. The number of nitrogens with zero attached hydrogens (tertiary/aromatic N) is 1. The van der Waals surface area contributed by atoms with Crippen LogP contribution in [0.5, 0.6) is 0 Å². The van der Waals surface area contributed by atoms with E-state index in [1.165, 1.54) is 50.7 Å². The van der Waals surface area contributed by atoms with Gasteiger partial charge in [-0.05, 0) is 49.3 Å². The minimum absolute atomic E-state index is 1.02. The molecule has 1 nitrogen and oxygen atoms in total. The van der Waals surface area contributed by atoms with Gasteiger partial charge in [-0.3, -0.25) is 4.98 Å². The number of hydrogen-bond donors (Lipinski definition) is 0. The van der Waals surface area contributed by atoms with Crippen LogP contribution >= 0.6 is 0 Å². The minimum Gasteiger partial charge on any atom is -0.252 e. The van der Waals surface area contributed by atoms with Gasteiger partial charge in [0, 0.05) is 22.2 Å². The topological polar surface area (TPSA) is 12.9 Å². The lowest BCUT2D eigenvalue weighted by Gasteiger charge is -2.19. The van der Waals surface area contributed by atoms with Crippen molar-refractivity contribution in [3.05, 3.63) is 89.6 Å². The van der Waals surface area contributed by atoms with E-state index >= 15 is 0 Å². The number of aryl methyl sites for hydroxylation is 3. The smallest absolute Gasteiger partial charge is 0.0790 e. The number of benzene rings is 3. The van der Waals surface area contributed by atoms with E-state index in [1.54, 1.807) is 0 Å². The summed E-state index contributed by atoms with van der Waals surface area (Å²) in [6.45, 7) is 6.67. The van der Waals surface area contributed by atoms with E-state index in [1.807, 2.05) is 0 Å². The molecule has 140 valence electrons. The highest BCUT2D eigenvalue weighted by Crippen LogP contribution is 2.40. The summed E-state index contributed by atoms with van der Waals surface area (Å²) in [6, 6.07) is 26.0. The zero-order chi connectivity index (χ0) is 19.5. The highest BCUT2D eigenvalue weighted by molar-refractivity contribution is 6.05. The van der Waals surface area contributed by atoms with Crippen molar-refractivity contribution in [3.63, 3.8) is 0 Å². The third-order valence-corrected chi connectivity index (χ3v) is 5.40. The third kappa shape index (κ3) is 3.45. The molecule has 0 radical (unpaired) electrons. The van der Waals surface area contributed by atoms with Crippen LogP contribution in [0.2, 0.25) is 0 Å². The summed E-state index contributed by atoms with van der Waals surface area (Å²) >= 11 is 0. The summed E-state index contributed by atoms with van der Waals surface area (Å²) in [7, 11) is 0. The van der Waals surface area contributed by atoms with Gasteiger partial charge in [0.1, 0.15) is 0 Å². The molecule has 0 unspecified atom stereocenters. The van der Waals surface area contributed by atoms with E-state index in [0.29, 0.717) is 0 Å². The predicted octanol–water partition coefficient (Wildman–Crippen LogP) is 7.53. The van der Waals surface area contributed by atoms with Gasteiger partial charge in [-0.25, -0.2) is 0 Å². The molecule has 0 aliphatic rings. The third-order valence-electron chi connectivity index (χ3n) is 5.40. The lowest BCUT2D eigenvalue weighted by atomic mass is 9.89. The highest BCUT2D eigenvalue weighted by Gasteiger charge is 2.18. The predicted molar refractivity (Wildman–Crippen MR) is 121 cm³/mol. The van der Waals surface area contributed by atoms with Crippen LogP contribution in [0.3, 0.4) is 0 Å². The maximum absolute atomic E-state index is 5.27. The highest BCUT2D eigenvalue weighted by atomic mass is 14.7. The summed E-state index contributed by atoms with van der Waals surface area (Å²) in [4.78, 5) is 5.27. The fourth-order valence-electron chi connectivity index (χ4n) is 4.12. The second-order valence-corrected chi connectivity index (χ2v) is 7.62. The SMILES string of the molecule is CCCCc1nc(-c2ccccc2)c(-c2ccccc2)c2c(C)cc(C)cc12. The van der Waals surface area contributed by atoms with Gasteiger partial charge >= 0.3 is 0 Å². The molecular weight excluding hydrogens is 338 g/mol. The van der Waals surface area contributed by atoms with Crippen molar-refractivity contribution < 1.29 is 0 Å². The number of pyridine rings is 1. The Hall–Kier alpha value is -2.93. The first-order chi connectivity index (χ1) is 13.7. The van der Waals surface area contributed by atoms with Gasteiger partial charge in [0.25, 0.3) is 0 Å². The molecule has 3 aromatic carbocycles. The largest absolute Gasteiger partial charge is 0.252 e. The first-order valence-corrected chi connectivity index (χ1v) is 10.2. The first kappa shape index (κ1) is 18.4. The molecule has 0 amide bonds. The summed E-state index contributed by atoms with van der Waals surface area (Å²) in [6.07, 6.45) is 3.36. The van der Waals surface area contributed by atoms with Crippen LogP contribution < -0.4 is 0 Å². The Morgan fingerprint density at radius 1 is 0.786 bits per heavy atom.